The quantitative estimate of drug-likeness (QED) is 0.644. The average molecular weight is 297 g/mol. The van der Waals surface area contributed by atoms with Crippen molar-refractivity contribution < 1.29 is 14.8 Å². The topological polar surface area (TPSA) is 88.7 Å². The summed E-state index contributed by atoms with van der Waals surface area (Å²) in [6.45, 7) is 0.418. The molecule has 108 valence electrons. The fourth-order valence-electron chi connectivity index (χ4n) is 2.05. The van der Waals surface area contributed by atoms with E-state index in [-0.39, 0.29) is 18.8 Å². The minimum Gasteiger partial charge on any atom is -0.389 e. The van der Waals surface area contributed by atoms with Crippen LogP contribution in [0, 0.1) is 10.1 Å². The lowest BCUT2D eigenvalue weighted by Gasteiger charge is -2.22. The summed E-state index contributed by atoms with van der Waals surface area (Å²) in [6, 6.07) is 3.48. The van der Waals surface area contributed by atoms with Crippen molar-refractivity contribution in [1.29, 1.82) is 0 Å². The Morgan fingerprint density at radius 1 is 1.60 bits per heavy atom. The summed E-state index contributed by atoms with van der Waals surface area (Å²) in [7, 11) is 3.19. The third-order valence-electron chi connectivity index (χ3n) is 2.89. The summed E-state index contributed by atoms with van der Waals surface area (Å²) in [5.41, 5.74) is 2.37. The van der Waals surface area contributed by atoms with E-state index < -0.39 is 11.0 Å². The Kier molecular flexibility index (Phi) is 4.48. The summed E-state index contributed by atoms with van der Waals surface area (Å²) in [5, 5.41) is 21.0. The van der Waals surface area contributed by atoms with Gasteiger partial charge in [-0.15, -0.1) is 11.3 Å². The maximum atomic E-state index is 11.3. The number of thiazole rings is 1. The monoisotopic (exact) mass is 297 g/mol. The molecule has 0 saturated carbocycles. The third kappa shape index (κ3) is 2.87. The zero-order valence-electron chi connectivity index (χ0n) is 11.1. The highest BCUT2D eigenvalue weighted by Gasteiger charge is 2.24. The Morgan fingerprint density at radius 3 is 3.00 bits per heavy atom. The second-order valence-electron chi connectivity index (χ2n) is 4.38. The zero-order valence-corrected chi connectivity index (χ0v) is 12.0. The summed E-state index contributed by atoms with van der Waals surface area (Å²) >= 11 is 1.36. The number of hydrogen-bond donors (Lipinski definition) is 1. The molecule has 1 heterocycles. The Morgan fingerprint density at radius 2 is 2.35 bits per heavy atom. The molecule has 0 spiro atoms. The highest BCUT2D eigenvalue weighted by atomic mass is 32.1. The second-order valence-corrected chi connectivity index (χ2v) is 5.27. The number of methoxy groups -OCH3 is 1. The molecule has 1 aromatic heterocycles. The van der Waals surface area contributed by atoms with E-state index >= 15 is 0 Å². The predicted octanol–water partition coefficient (Wildman–Crippen LogP) is 1.65. The molecular formula is C12H15N3O4S. The number of nitro benzene ring substituents is 1. The Labute approximate surface area is 119 Å². The number of aromatic nitrogens is 1. The van der Waals surface area contributed by atoms with Crippen molar-refractivity contribution in [3.8, 4) is 0 Å². The van der Waals surface area contributed by atoms with Crippen LogP contribution in [0.5, 0.6) is 0 Å². The maximum absolute atomic E-state index is 11.3. The first-order chi connectivity index (χ1) is 9.54. The second kappa shape index (κ2) is 6.12. The lowest BCUT2D eigenvalue weighted by molar-refractivity contribution is -0.382. The minimum absolute atomic E-state index is 0.0316. The molecule has 1 unspecified atom stereocenters. The maximum Gasteiger partial charge on any atom is 0.319 e. The van der Waals surface area contributed by atoms with Gasteiger partial charge in [0.15, 0.2) is 5.52 Å². The summed E-state index contributed by atoms with van der Waals surface area (Å²) in [5.74, 6) is 0. The van der Waals surface area contributed by atoms with Gasteiger partial charge in [-0.05, 0) is 12.1 Å². The van der Waals surface area contributed by atoms with Crippen molar-refractivity contribution in [2.75, 3.05) is 32.2 Å². The molecule has 20 heavy (non-hydrogen) atoms. The molecule has 0 saturated heterocycles. The summed E-state index contributed by atoms with van der Waals surface area (Å²) in [4.78, 5) is 16.6. The van der Waals surface area contributed by atoms with Crippen LogP contribution in [0.4, 0.5) is 11.4 Å². The highest BCUT2D eigenvalue weighted by molar-refractivity contribution is 7.16. The minimum atomic E-state index is -0.712. The molecule has 0 amide bonds. The number of aliphatic hydroxyl groups excluding tert-OH is 1. The number of aliphatic hydroxyl groups is 1. The first-order valence-electron chi connectivity index (χ1n) is 5.93. The average Bonchev–Trinajstić information content (AvgIpc) is 2.85. The zero-order chi connectivity index (χ0) is 14.7. The summed E-state index contributed by atoms with van der Waals surface area (Å²) in [6.07, 6.45) is -0.712. The number of hydrogen-bond acceptors (Lipinski definition) is 7. The van der Waals surface area contributed by atoms with Crippen LogP contribution >= 0.6 is 11.3 Å². The highest BCUT2D eigenvalue weighted by Crippen LogP contribution is 2.36. The van der Waals surface area contributed by atoms with Crippen LogP contribution < -0.4 is 4.90 Å². The van der Waals surface area contributed by atoms with Gasteiger partial charge in [0, 0.05) is 20.7 Å². The van der Waals surface area contributed by atoms with Crippen LogP contribution in [0.15, 0.2) is 17.6 Å². The van der Waals surface area contributed by atoms with E-state index in [1.165, 1.54) is 18.4 Å². The van der Waals surface area contributed by atoms with Gasteiger partial charge in [-0.25, -0.2) is 4.98 Å². The van der Waals surface area contributed by atoms with Gasteiger partial charge in [0.1, 0.15) is 5.69 Å². The van der Waals surface area contributed by atoms with Crippen molar-refractivity contribution in [1.82, 2.24) is 4.98 Å². The number of nitrogens with zero attached hydrogens (tertiary/aromatic N) is 3. The van der Waals surface area contributed by atoms with E-state index in [0.29, 0.717) is 11.2 Å². The standard InChI is InChI=1S/C12H15N3O4S/c1-14(5-8(16)6-19-2)9-3-4-10-11(13-7-20-10)12(9)15(17)18/h3-4,7-8,16H,5-6H2,1-2H3. The van der Waals surface area contributed by atoms with E-state index in [2.05, 4.69) is 4.98 Å². The molecule has 1 N–H and O–H groups in total. The van der Waals surface area contributed by atoms with Gasteiger partial charge in [0.2, 0.25) is 0 Å². The first kappa shape index (κ1) is 14.6. The van der Waals surface area contributed by atoms with Crippen LogP contribution in [0.1, 0.15) is 0 Å². The predicted molar refractivity (Wildman–Crippen MR) is 77.4 cm³/mol. The van der Waals surface area contributed by atoms with Gasteiger partial charge in [0.05, 0.1) is 27.8 Å². The van der Waals surface area contributed by atoms with Crippen molar-refractivity contribution in [3.05, 3.63) is 27.8 Å². The van der Waals surface area contributed by atoms with Gasteiger partial charge in [-0.2, -0.15) is 0 Å². The molecule has 8 heteroatoms. The van der Waals surface area contributed by atoms with Crippen LogP contribution in [0.2, 0.25) is 0 Å². The van der Waals surface area contributed by atoms with Crippen LogP contribution in [-0.4, -0.2) is 48.4 Å². The van der Waals surface area contributed by atoms with Gasteiger partial charge in [-0.3, -0.25) is 10.1 Å². The van der Waals surface area contributed by atoms with Crippen LogP contribution in [-0.2, 0) is 4.74 Å². The van der Waals surface area contributed by atoms with E-state index in [1.54, 1.807) is 29.6 Å². The normalized spacial score (nSPS) is 12.6. The number of anilines is 1. The molecule has 1 atom stereocenters. The molecule has 0 aliphatic carbocycles. The van der Waals surface area contributed by atoms with Gasteiger partial charge < -0.3 is 14.7 Å². The van der Waals surface area contributed by atoms with Crippen molar-refractivity contribution in [2.24, 2.45) is 0 Å². The van der Waals surface area contributed by atoms with Gasteiger partial charge in [-0.1, -0.05) is 0 Å². The lowest BCUT2D eigenvalue weighted by atomic mass is 10.2. The molecular weight excluding hydrogens is 282 g/mol. The van der Waals surface area contributed by atoms with Crippen molar-refractivity contribution in [2.45, 2.75) is 6.10 Å². The molecule has 1 aromatic carbocycles. The number of rotatable bonds is 6. The fraction of sp³-hybridized carbons (Fsp3) is 0.417. The van der Waals surface area contributed by atoms with E-state index in [4.69, 9.17) is 4.74 Å². The number of likely N-dealkylation sites (N-methyl/N-ethyl adjacent to an activating group) is 1. The number of ether oxygens (including phenoxy) is 1. The lowest BCUT2D eigenvalue weighted by Crippen LogP contribution is -2.32. The SMILES string of the molecule is COCC(O)CN(C)c1ccc2scnc2c1[N+](=O)[O-]. The van der Waals surface area contributed by atoms with E-state index in [1.807, 2.05) is 0 Å². The molecule has 0 fully saturated rings. The summed E-state index contributed by atoms with van der Waals surface area (Å²) < 4.78 is 5.62. The Balaban J connectivity index is 2.37. The fourth-order valence-corrected chi connectivity index (χ4v) is 2.73. The van der Waals surface area contributed by atoms with Crippen LogP contribution in [0.25, 0.3) is 10.2 Å². The molecule has 0 aliphatic heterocycles. The van der Waals surface area contributed by atoms with Gasteiger partial charge in [0.25, 0.3) is 0 Å². The Hall–Kier alpha value is -1.77. The van der Waals surface area contributed by atoms with Crippen molar-refractivity contribution >= 4 is 32.9 Å². The van der Waals surface area contributed by atoms with Crippen LogP contribution in [0.3, 0.4) is 0 Å². The first-order valence-corrected chi connectivity index (χ1v) is 6.81. The molecule has 0 aliphatic rings. The molecule has 2 rings (SSSR count). The molecule has 0 radical (unpaired) electrons. The largest absolute Gasteiger partial charge is 0.389 e. The molecule has 2 aromatic rings. The number of fused-ring (bicyclic) bond motifs is 1. The number of benzene rings is 1. The van der Waals surface area contributed by atoms with Crippen molar-refractivity contribution in [3.63, 3.8) is 0 Å². The van der Waals surface area contributed by atoms with E-state index in [0.717, 1.165) is 4.70 Å². The van der Waals surface area contributed by atoms with E-state index in [9.17, 15) is 15.2 Å². The molecule has 0 bridgehead atoms. The Bertz CT molecular complexity index is 616. The number of nitro groups is 1. The molecule has 7 nitrogen and oxygen atoms in total. The third-order valence-corrected chi connectivity index (χ3v) is 3.69. The van der Waals surface area contributed by atoms with Gasteiger partial charge >= 0.3 is 5.69 Å². The smallest absolute Gasteiger partial charge is 0.319 e.